The second-order valence-corrected chi connectivity index (χ2v) is 4.91. The largest absolute Gasteiger partial charge is 0.225 e. The smallest absolute Gasteiger partial charge is 0.167 e. The number of hydrogen-bond donors (Lipinski definition) is 0. The minimum Gasteiger partial charge on any atom is -0.167 e. The normalized spacial score (nSPS) is 11.0. The highest BCUT2D eigenvalue weighted by molar-refractivity contribution is 6.00. The van der Waals surface area contributed by atoms with Gasteiger partial charge in [0.25, 0.3) is 0 Å². The third-order valence-corrected chi connectivity index (χ3v) is 3.45. The molecule has 22 heavy (non-hydrogen) atoms. The quantitative estimate of drug-likeness (QED) is 0.567. The molecule has 4 aromatic rings. The molecule has 4 rings (SSSR count). The Morgan fingerprint density at radius 2 is 1.36 bits per heavy atom. The highest BCUT2D eigenvalue weighted by Crippen LogP contribution is 2.30. The van der Waals surface area contributed by atoms with Crippen LogP contribution in [0.3, 0.4) is 0 Å². The second kappa shape index (κ2) is 5.00. The summed E-state index contributed by atoms with van der Waals surface area (Å²) in [4.78, 5) is 1.41. The van der Waals surface area contributed by atoms with Gasteiger partial charge in [-0.3, -0.25) is 0 Å². The van der Waals surface area contributed by atoms with Crippen molar-refractivity contribution in [2.75, 3.05) is 0 Å². The molecule has 0 aliphatic rings. The molecular formula is C16H12N6. The van der Waals surface area contributed by atoms with Crippen LogP contribution < -0.4 is 0 Å². The van der Waals surface area contributed by atoms with Crippen LogP contribution in [0.2, 0.25) is 0 Å². The third kappa shape index (κ3) is 2.01. The SMILES string of the molecule is Cn1nnc(-c2nnc(-c3ccccc3)c3ccccc23)n1. The van der Waals surface area contributed by atoms with Crippen molar-refractivity contribution in [3.8, 4) is 22.8 Å². The molecule has 106 valence electrons. The summed E-state index contributed by atoms with van der Waals surface area (Å²) in [6.45, 7) is 0. The first kappa shape index (κ1) is 12.6. The summed E-state index contributed by atoms with van der Waals surface area (Å²) >= 11 is 0. The number of benzene rings is 2. The van der Waals surface area contributed by atoms with Crippen molar-refractivity contribution in [1.82, 2.24) is 30.4 Å². The Bertz CT molecular complexity index is 945. The molecule has 0 atom stereocenters. The standard InChI is InChI=1S/C16H12N6/c1-22-20-16(19-21-22)15-13-10-6-5-9-12(13)14(17-18-15)11-7-3-2-4-8-11/h2-10H,1H3. The van der Waals surface area contributed by atoms with E-state index in [1.54, 1.807) is 7.05 Å². The maximum Gasteiger partial charge on any atom is 0.225 e. The monoisotopic (exact) mass is 288 g/mol. The minimum atomic E-state index is 0.478. The third-order valence-electron chi connectivity index (χ3n) is 3.45. The Morgan fingerprint density at radius 1 is 0.727 bits per heavy atom. The second-order valence-electron chi connectivity index (χ2n) is 4.91. The van der Waals surface area contributed by atoms with E-state index in [1.807, 2.05) is 54.6 Å². The summed E-state index contributed by atoms with van der Waals surface area (Å²) in [6, 6.07) is 18.0. The maximum atomic E-state index is 4.40. The Labute approximate surface area is 126 Å². The van der Waals surface area contributed by atoms with Gasteiger partial charge >= 0.3 is 0 Å². The molecule has 6 heteroatoms. The van der Waals surface area contributed by atoms with Gasteiger partial charge in [-0.15, -0.1) is 20.4 Å². The molecule has 0 fully saturated rings. The fourth-order valence-corrected chi connectivity index (χ4v) is 2.46. The fourth-order valence-electron chi connectivity index (χ4n) is 2.46. The van der Waals surface area contributed by atoms with Crippen LogP contribution in [-0.2, 0) is 7.05 Å². The number of nitrogens with zero attached hydrogens (tertiary/aromatic N) is 6. The van der Waals surface area contributed by atoms with Gasteiger partial charge in [0.15, 0.2) is 0 Å². The molecule has 2 aromatic carbocycles. The average Bonchev–Trinajstić information content (AvgIpc) is 3.01. The van der Waals surface area contributed by atoms with Crippen LogP contribution in [0.15, 0.2) is 54.6 Å². The van der Waals surface area contributed by atoms with Crippen molar-refractivity contribution in [3.63, 3.8) is 0 Å². The molecule has 0 saturated heterocycles. The van der Waals surface area contributed by atoms with Crippen molar-refractivity contribution in [3.05, 3.63) is 54.6 Å². The van der Waals surface area contributed by atoms with E-state index < -0.39 is 0 Å². The fraction of sp³-hybridized carbons (Fsp3) is 0.0625. The Balaban J connectivity index is 2.00. The van der Waals surface area contributed by atoms with Crippen LogP contribution in [0.4, 0.5) is 0 Å². The van der Waals surface area contributed by atoms with Crippen molar-refractivity contribution in [2.45, 2.75) is 0 Å². The number of rotatable bonds is 2. The van der Waals surface area contributed by atoms with E-state index in [9.17, 15) is 0 Å². The molecular weight excluding hydrogens is 276 g/mol. The van der Waals surface area contributed by atoms with Crippen molar-refractivity contribution in [2.24, 2.45) is 7.05 Å². The first-order valence-corrected chi connectivity index (χ1v) is 6.88. The number of aromatic nitrogens is 6. The van der Waals surface area contributed by atoms with Crippen LogP contribution in [-0.4, -0.2) is 30.4 Å². The van der Waals surface area contributed by atoms with E-state index in [0.717, 1.165) is 22.0 Å². The maximum absolute atomic E-state index is 4.40. The molecule has 6 nitrogen and oxygen atoms in total. The lowest BCUT2D eigenvalue weighted by Crippen LogP contribution is -1.96. The van der Waals surface area contributed by atoms with Crippen LogP contribution in [0.1, 0.15) is 0 Å². The topological polar surface area (TPSA) is 69.4 Å². The van der Waals surface area contributed by atoms with Gasteiger partial charge in [0.05, 0.1) is 7.05 Å². The molecule has 0 spiro atoms. The summed E-state index contributed by atoms with van der Waals surface area (Å²) in [5.41, 5.74) is 2.53. The first-order valence-electron chi connectivity index (χ1n) is 6.88. The lowest BCUT2D eigenvalue weighted by Gasteiger charge is -2.07. The Morgan fingerprint density at radius 3 is 2.05 bits per heavy atom. The van der Waals surface area contributed by atoms with E-state index in [4.69, 9.17) is 0 Å². The van der Waals surface area contributed by atoms with Crippen LogP contribution in [0.5, 0.6) is 0 Å². The number of hydrogen-bond acceptors (Lipinski definition) is 5. The molecule has 0 N–H and O–H groups in total. The highest BCUT2D eigenvalue weighted by atomic mass is 15.6. The molecule has 0 amide bonds. The predicted octanol–water partition coefficient (Wildman–Crippen LogP) is 2.49. The lowest BCUT2D eigenvalue weighted by molar-refractivity contribution is 0.630. The predicted molar refractivity (Wildman–Crippen MR) is 82.8 cm³/mol. The van der Waals surface area contributed by atoms with Gasteiger partial charge in [-0.25, -0.2) is 0 Å². The zero-order valence-electron chi connectivity index (χ0n) is 11.9. The van der Waals surface area contributed by atoms with Crippen molar-refractivity contribution >= 4 is 10.8 Å². The first-order chi connectivity index (χ1) is 10.8. The minimum absolute atomic E-state index is 0.478. The summed E-state index contributed by atoms with van der Waals surface area (Å²) < 4.78 is 0. The Hall–Kier alpha value is -3.15. The van der Waals surface area contributed by atoms with Gasteiger partial charge in [0, 0.05) is 16.3 Å². The van der Waals surface area contributed by atoms with Crippen LogP contribution >= 0.6 is 0 Å². The van der Waals surface area contributed by atoms with E-state index in [0.29, 0.717) is 11.5 Å². The average molecular weight is 288 g/mol. The lowest BCUT2D eigenvalue weighted by atomic mass is 10.0. The van der Waals surface area contributed by atoms with Crippen molar-refractivity contribution < 1.29 is 0 Å². The van der Waals surface area contributed by atoms with Gasteiger partial charge < -0.3 is 0 Å². The van der Waals surface area contributed by atoms with Crippen LogP contribution in [0, 0.1) is 0 Å². The molecule has 0 aliphatic heterocycles. The molecule has 2 aromatic heterocycles. The zero-order valence-corrected chi connectivity index (χ0v) is 11.9. The van der Waals surface area contributed by atoms with Gasteiger partial charge in [0.2, 0.25) is 5.82 Å². The van der Waals surface area contributed by atoms with E-state index in [1.165, 1.54) is 4.80 Å². The van der Waals surface area contributed by atoms with Crippen LogP contribution in [0.25, 0.3) is 33.5 Å². The Kier molecular flexibility index (Phi) is 2.86. The summed E-state index contributed by atoms with van der Waals surface area (Å²) in [5, 5.41) is 22.8. The van der Waals surface area contributed by atoms with Gasteiger partial charge in [-0.1, -0.05) is 54.6 Å². The number of aryl methyl sites for hydroxylation is 1. The zero-order chi connectivity index (χ0) is 14.9. The van der Waals surface area contributed by atoms with Gasteiger partial charge in [-0.2, -0.15) is 4.80 Å². The number of fused-ring (bicyclic) bond motifs is 1. The van der Waals surface area contributed by atoms with E-state index in [-0.39, 0.29) is 0 Å². The summed E-state index contributed by atoms with van der Waals surface area (Å²) in [7, 11) is 1.73. The van der Waals surface area contributed by atoms with E-state index >= 15 is 0 Å². The number of tetrazole rings is 1. The molecule has 0 unspecified atom stereocenters. The molecule has 0 aliphatic carbocycles. The molecule has 2 heterocycles. The van der Waals surface area contributed by atoms with Crippen molar-refractivity contribution in [1.29, 1.82) is 0 Å². The van der Waals surface area contributed by atoms with Gasteiger partial charge in [0.1, 0.15) is 11.4 Å². The summed E-state index contributed by atoms with van der Waals surface area (Å²) in [5.74, 6) is 0.478. The molecule has 0 saturated carbocycles. The molecule has 0 radical (unpaired) electrons. The van der Waals surface area contributed by atoms with E-state index in [2.05, 4.69) is 25.6 Å². The molecule has 0 bridgehead atoms. The summed E-state index contributed by atoms with van der Waals surface area (Å²) in [6.07, 6.45) is 0. The highest BCUT2D eigenvalue weighted by Gasteiger charge is 2.15. The van der Waals surface area contributed by atoms with Gasteiger partial charge in [-0.05, 0) is 5.21 Å².